The van der Waals surface area contributed by atoms with Crippen LogP contribution < -0.4 is 10.1 Å². The van der Waals surface area contributed by atoms with E-state index < -0.39 is 0 Å². The van der Waals surface area contributed by atoms with E-state index in [0.29, 0.717) is 6.04 Å². The number of nitrogens with one attached hydrogen (secondary N) is 1. The van der Waals surface area contributed by atoms with Gasteiger partial charge in [-0.05, 0) is 73.9 Å². The van der Waals surface area contributed by atoms with E-state index in [1.165, 1.54) is 29.9 Å². The molecule has 1 aromatic rings. The summed E-state index contributed by atoms with van der Waals surface area (Å²) < 4.78 is 7.30. The van der Waals surface area contributed by atoms with Gasteiger partial charge in [-0.2, -0.15) is 11.8 Å². The molecule has 5 heteroatoms. The number of halogens is 2. The summed E-state index contributed by atoms with van der Waals surface area (Å²) in [5, 5.41) is 3.63. The Kier molecular flexibility index (Phi) is 5.86. The molecule has 0 aliphatic carbocycles. The average molecular weight is 395 g/mol. The molecule has 2 nitrogen and oxygen atoms in total. The molecule has 1 saturated heterocycles. The molecule has 0 spiro atoms. The highest BCUT2D eigenvalue weighted by Gasteiger charge is 2.13. The van der Waals surface area contributed by atoms with Crippen molar-refractivity contribution in [3.63, 3.8) is 0 Å². The second-order valence-corrected chi connectivity index (χ2v) is 7.29. The highest BCUT2D eigenvalue weighted by molar-refractivity contribution is 9.11. The molecule has 0 bridgehead atoms. The van der Waals surface area contributed by atoms with Crippen LogP contribution >= 0.6 is 43.6 Å². The Hall–Kier alpha value is 0.290. The molecule has 0 atom stereocenters. The van der Waals surface area contributed by atoms with E-state index in [1.54, 1.807) is 7.11 Å². The van der Waals surface area contributed by atoms with Crippen LogP contribution in [0.15, 0.2) is 21.1 Å². The summed E-state index contributed by atoms with van der Waals surface area (Å²) in [5.74, 6) is 3.43. The van der Waals surface area contributed by atoms with Crippen molar-refractivity contribution in [1.82, 2.24) is 5.32 Å². The molecule has 0 saturated carbocycles. The zero-order valence-electron chi connectivity index (χ0n) is 10.3. The minimum atomic E-state index is 0.672. The summed E-state index contributed by atoms with van der Waals surface area (Å²) in [6.45, 7) is 0.913. The SMILES string of the molecule is COc1c(Br)cc(CNC2CCSCC2)cc1Br. The molecule has 2 rings (SSSR count). The summed E-state index contributed by atoms with van der Waals surface area (Å²) in [4.78, 5) is 0. The molecular weight excluding hydrogens is 378 g/mol. The van der Waals surface area contributed by atoms with E-state index in [9.17, 15) is 0 Å². The molecule has 0 amide bonds. The Labute approximate surface area is 130 Å². The van der Waals surface area contributed by atoms with Crippen LogP contribution in [0.4, 0.5) is 0 Å². The molecule has 0 aromatic heterocycles. The van der Waals surface area contributed by atoms with Gasteiger partial charge in [0.25, 0.3) is 0 Å². The molecule has 0 radical (unpaired) electrons. The fourth-order valence-electron chi connectivity index (χ4n) is 2.07. The summed E-state index contributed by atoms with van der Waals surface area (Å²) in [6.07, 6.45) is 2.56. The topological polar surface area (TPSA) is 21.3 Å². The Balaban J connectivity index is 1.96. The first-order chi connectivity index (χ1) is 8.70. The maximum absolute atomic E-state index is 5.31. The molecule has 1 N–H and O–H groups in total. The molecular formula is C13H17Br2NOS. The highest BCUT2D eigenvalue weighted by atomic mass is 79.9. The minimum Gasteiger partial charge on any atom is -0.494 e. The molecule has 1 aromatic carbocycles. The van der Waals surface area contributed by atoms with Gasteiger partial charge in [0.05, 0.1) is 16.1 Å². The Morgan fingerprint density at radius 3 is 2.44 bits per heavy atom. The van der Waals surface area contributed by atoms with Crippen molar-refractivity contribution in [2.24, 2.45) is 0 Å². The summed E-state index contributed by atoms with van der Waals surface area (Å²) in [7, 11) is 1.68. The lowest BCUT2D eigenvalue weighted by Crippen LogP contribution is -2.32. The number of hydrogen-bond donors (Lipinski definition) is 1. The molecule has 1 heterocycles. The van der Waals surface area contributed by atoms with Gasteiger partial charge in [-0.25, -0.2) is 0 Å². The third-order valence-electron chi connectivity index (χ3n) is 3.08. The zero-order chi connectivity index (χ0) is 13.0. The van der Waals surface area contributed by atoms with Gasteiger partial charge in [0, 0.05) is 12.6 Å². The average Bonchev–Trinajstić information content (AvgIpc) is 2.37. The second kappa shape index (κ2) is 7.17. The third-order valence-corrected chi connectivity index (χ3v) is 5.31. The van der Waals surface area contributed by atoms with Crippen LogP contribution in [-0.2, 0) is 6.54 Å². The fraction of sp³-hybridized carbons (Fsp3) is 0.538. The molecule has 0 unspecified atom stereocenters. The Morgan fingerprint density at radius 2 is 1.89 bits per heavy atom. The number of rotatable bonds is 4. The van der Waals surface area contributed by atoms with Crippen molar-refractivity contribution in [1.29, 1.82) is 0 Å². The van der Waals surface area contributed by atoms with Gasteiger partial charge in [0.2, 0.25) is 0 Å². The second-order valence-electron chi connectivity index (χ2n) is 4.36. The maximum Gasteiger partial charge on any atom is 0.147 e. The van der Waals surface area contributed by atoms with Crippen molar-refractivity contribution in [3.05, 3.63) is 26.6 Å². The number of methoxy groups -OCH3 is 1. The van der Waals surface area contributed by atoms with Crippen molar-refractivity contribution in [2.45, 2.75) is 25.4 Å². The van der Waals surface area contributed by atoms with Gasteiger partial charge in [-0.3, -0.25) is 0 Å². The lowest BCUT2D eigenvalue weighted by atomic mass is 10.1. The summed E-state index contributed by atoms with van der Waals surface area (Å²) in [5.41, 5.74) is 1.27. The van der Waals surface area contributed by atoms with Crippen LogP contribution in [0.1, 0.15) is 18.4 Å². The van der Waals surface area contributed by atoms with Crippen LogP contribution in [0.25, 0.3) is 0 Å². The first kappa shape index (κ1) is 14.7. The van der Waals surface area contributed by atoms with E-state index in [-0.39, 0.29) is 0 Å². The van der Waals surface area contributed by atoms with Crippen LogP contribution in [-0.4, -0.2) is 24.7 Å². The van der Waals surface area contributed by atoms with Crippen molar-refractivity contribution in [3.8, 4) is 5.75 Å². The number of hydrogen-bond acceptors (Lipinski definition) is 3. The van der Waals surface area contributed by atoms with Crippen molar-refractivity contribution < 1.29 is 4.74 Å². The van der Waals surface area contributed by atoms with Gasteiger partial charge in [0.1, 0.15) is 5.75 Å². The molecule has 1 fully saturated rings. The fourth-order valence-corrected chi connectivity index (χ4v) is 4.78. The highest BCUT2D eigenvalue weighted by Crippen LogP contribution is 2.34. The smallest absolute Gasteiger partial charge is 0.147 e. The van der Waals surface area contributed by atoms with Gasteiger partial charge in [-0.1, -0.05) is 0 Å². The predicted octanol–water partition coefficient (Wildman–Crippen LogP) is 4.21. The molecule has 100 valence electrons. The number of benzene rings is 1. The van der Waals surface area contributed by atoms with Gasteiger partial charge < -0.3 is 10.1 Å². The van der Waals surface area contributed by atoms with Crippen LogP contribution in [0, 0.1) is 0 Å². The molecule has 18 heavy (non-hydrogen) atoms. The Bertz CT molecular complexity index is 385. The minimum absolute atomic E-state index is 0.672. The normalized spacial score (nSPS) is 16.8. The Morgan fingerprint density at radius 1 is 1.28 bits per heavy atom. The quantitative estimate of drug-likeness (QED) is 0.826. The standard InChI is InChI=1S/C13H17Br2NOS/c1-17-13-11(14)6-9(7-12(13)15)8-16-10-2-4-18-5-3-10/h6-7,10,16H,2-5,8H2,1H3. The van der Waals surface area contributed by atoms with Gasteiger partial charge in [-0.15, -0.1) is 0 Å². The van der Waals surface area contributed by atoms with E-state index in [0.717, 1.165) is 21.2 Å². The predicted molar refractivity (Wildman–Crippen MR) is 85.6 cm³/mol. The van der Waals surface area contributed by atoms with Crippen molar-refractivity contribution >= 4 is 43.6 Å². The zero-order valence-corrected chi connectivity index (χ0v) is 14.3. The van der Waals surface area contributed by atoms with E-state index in [1.807, 2.05) is 0 Å². The number of thioether (sulfide) groups is 1. The molecule has 1 aliphatic rings. The first-order valence-corrected chi connectivity index (χ1v) is 8.78. The first-order valence-electron chi connectivity index (χ1n) is 6.03. The monoisotopic (exact) mass is 393 g/mol. The van der Waals surface area contributed by atoms with E-state index >= 15 is 0 Å². The van der Waals surface area contributed by atoms with Crippen LogP contribution in [0.5, 0.6) is 5.75 Å². The number of ether oxygens (including phenoxy) is 1. The van der Waals surface area contributed by atoms with E-state index in [4.69, 9.17) is 4.74 Å². The van der Waals surface area contributed by atoms with Gasteiger partial charge in [0.15, 0.2) is 0 Å². The van der Waals surface area contributed by atoms with Gasteiger partial charge >= 0.3 is 0 Å². The summed E-state index contributed by atoms with van der Waals surface area (Å²) >= 11 is 9.13. The summed E-state index contributed by atoms with van der Waals surface area (Å²) in [6, 6.07) is 4.91. The van der Waals surface area contributed by atoms with Crippen LogP contribution in [0.3, 0.4) is 0 Å². The molecule has 1 aliphatic heterocycles. The largest absolute Gasteiger partial charge is 0.494 e. The van der Waals surface area contributed by atoms with E-state index in [2.05, 4.69) is 61.1 Å². The lowest BCUT2D eigenvalue weighted by molar-refractivity contribution is 0.409. The van der Waals surface area contributed by atoms with Crippen molar-refractivity contribution in [2.75, 3.05) is 18.6 Å². The third kappa shape index (κ3) is 3.89. The van der Waals surface area contributed by atoms with Crippen LogP contribution in [0.2, 0.25) is 0 Å². The maximum atomic E-state index is 5.31. The lowest BCUT2D eigenvalue weighted by Gasteiger charge is -2.22.